The van der Waals surface area contributed by atoms with Gasteiger partial charge in [0.25, 0.3) is 5.91 Å². The summed E-state index contributed by atoms with van der Waals surface area (Å²) in [6, 6.07) is 7.87. The van der Waals surface area contributed by atoms with Crippen LogP contribution < -0.4 is 0 Å². The third-order valence-corrected chi connectivity index (χ3v) is 2.38. The highest BCUT2D eigenvalue weighted by molar-refractivity contribution is 9.10. The van der Waals surface area contributed by atoms with Crippen LogP contribution in [0.25, 0.3) is 0 Å². The zero-order chi connectivity index (χ0) is 11.3. The molecule has 2 nitrogen and oxygen atoms in total. The second-order valence-electron chi connectivity index (χ2n) is 3.17. The SMILES string of the molecule is CC#CC(=O)N(C)Cc1cccc(Br)c1. The van der Waals surface area contributed by atoms with Crippen molar-refractivity contribution < 1.29 is 4.79 Å². The molecular formula is C12H12BrNO. The minimum Gasteiger partial charge on any atom is -0.331 e. The van der Waals surface area contributed by atoms with Crippen LogP contribution >= 0.6 is 15.9 Å². The van der Waals surface area contributed by atoms with Crippen LogP contribution in [0.15, 0.2) is 28.7 Å². The summed E-state index contributed by atoms with van der Waals surface area (Å²) in [5, 5.41) is 0. The Kier molecular flexibility index (Phi) is 4.38. The van der Waals surface area contributed by atoms with Gasteiger partial charge >= 0.3 is 0 Å². The van der Waals surface area contributed by atoms with Crippen LogP contribution in [0.2, 0.25) is 0 Å². The van der Waals surface area contributed by atoms with Crippen molar-refractivity contribution in [3.05, 3.63) is 34.3 Å². The van der Waals surface area contributed by atoms with Crippen molar-refractivity contribution in [3.63, 3.8) is 0 Å². The van der Waals surface area contributed by atoms with Gasteiger partial charge in [0.15, 0.2) is 0 Å². The van der Waals surface area contributed by atoms with E-state index in [2.05, 4.69) is 27.8 Å². The van der Waals surface area contributed by atoms with Gasteiger partial charge in [-0.25, -0.2) is 0 Å². The molecule has 0 aliphatic carbocycles. The van der Waals surface area contributed by atoms with Crippen molar-refractivity contribution in [3.8, 4) is 11.8 Å². The Labute approximate surface area is 98.4 Å². The average Bonchev–Trinajstić information content (AvgIpc) is 2.18. The molecule has 0 aliphatic heterocycles. The van der Waals surface area contributed by atoms with E-state index in [1.807, 2.05) is 24.3 Å². The number of rotatable bonds is 2. The maximum absolute atomic E-state index is 11.4. The molecule has 0 saturated carbocycles. The van der Waals surface area contributed by atoms with Gasteiger partial charge in [0.05, 0.1) is 0 Å². The smallest absolute Gasteiger partial charge is 0.298 e. The van der Waals surface area contributed by atoms with Gasteiger partial charge in [-0.1, -0.05) is 34.0 Å². The molecule has 0 aromatic heterocycles. The number of benzene rings is 1. The Balaban J connectivity index is 2.68. The fourth-order valence-electron chi connectivity index (χ4n) is 1.18. The molecule has 1 rings (SSSR count). The maximum Gasteiger partial charge on any atom is 0.298 e. The quantitative estimate of drug-likeness (QED) is 0.753. The molecule has 0 atom stereocenters. The topological polar surface area (TPSA) is 20.3 Å². The summed E-state index contributed by atoms with van der Waals surface area (Å²) >= 11 is 3.39. The molecule has 0 radical (unpaired) electrons. The Hall–Kier alpha value is -1.27. The van der Waals surface area contributed by atoms with Crippen LogP contribution in [-0.4, -0.2) is 17.9 Å². The van der Waals surface area contributed by atoms with Gasteiger partial charge in [-0.2, -0.15) is 0 Å². The normalized spacial score (nSPS) is 9.00. The highest BCUT2D eigenvalue weighted by Crippen LogP contribution is 2.12. The number of hydrogen-bond donors (Lipinski definition) is 0. The van der Waals surface area contributed by atoms with E-state index in [1.54, 1.807) is 18.9 Å². The molecule has 3 heteroatoms. The van der Waals surface area contributed by atoms with E-state index in [0.717, 1.165) is 10.0 Å². The molecule has 0 fully saturated rings. The molecule has 0 spiro atoms. The van der Waals surface area contributed by atoms with Crippen LogP contribution in [0, 0.1) is 11.8 Å². The van der Waals surface area contributed by atoms with Gasteiger partial charge in [0.2, 0.25) is 0 Å². The molecule has 1 aromatic rings. The third-order valence-electron chi connectivity index (χ3n) is 1.89. The number of halogens is 1. The predicted octanol–water partition coefficient (Wildman–Crippen LogP) is 2.43. The van der Waals surface area contributed by atoms with Crippen LogP contribution in [0.4, 0.5) is 0 Å². The van der Waals surface area contributed by atoms with E-state index in [-0.39, 0.29) is 5.91 Å². The lowest BCUT2D eigenvalue weighted by Gasteiger charge is -2.13. The summed E-state index contributed by atoms with van der Waals surface area (Å²) in [5.74, 6) is 4.95. The van der Waals surface area contributed by atoms with Crippen LogP contribution in [-0.2, 0) is 11.3 Å². The monoisotopic (exact) mass is 265 g/mol. The number of carbonyl (C=O) groups excluding carboxylic acids is 1. The number of hydrogen-bond acceptors (Lipinski definition) is 1. The van der Waals surface area contributed by atoms with Crippen LogP contribution in [0.3, 0.4) is 0 Å². The molecule has 0 aliphatic rings. The first-order valence-corrected chi connectivity index (χ1v) is 5.35. The van der Waals surface area contributed by atoms with Crippen molar-refractivity contribution in [1.29, 1.82) is 0 Å². The zero-order valence-electron chi connectivity index (χ0n) is 8.75. The van der Waals surface area contributed by atoms with E-state index >= 15 is 0 Å². The Morgan fingerprint density at radius 3 is 2.87 bits per heavy atom. The Morgan fingerprint density at radius 2 is 2.27 bits per heavy atom. The fourth-order valence-corrected chi connectivity index (χ4v) is 1.63. The predicted molar refractivity (Wildman–Crippen MR) is 64.1 cm³/mol. The minimum absolute atomic E-state index is 0.155. The first-order chi connectivity index (χ1) is 7.13. The second kappa shape index (κ2) is 5.57. The first-order valence-electron chi connectivity index (χ1n) is 4.56. The number of carbonyl (C=O) groups is 1. The largest absolute Gasteiger partial charge is 0.331 e. The molecule has 0 bridgehead atoms. The van der Waals surface area contributed by atoms with Crippen molar-refractivity contribution >= 4 is 21.8 Å². The van der Waals surface area contributed by atoms with Gasteiger partial charge < -0.3 is 4.90 Å². The van der Waals surface area contributed by atoms with E-state index in [0.29, 0.717) is 6.54 Å². The zero-order valence-corrected chi connectivity index (χ0v) is 10.3. The van der Waals surface area contributed by atoms with Gasteiger partial charge in [0.1, 0.15) is 0 Å². The Morgan fingerprint density at radius 1 is 1.53 bits per heavy atom. The second-order valence-corrected chi connectivity index (χ2v) is 4.08. The average molecular weight is 266 g/mol. The lowest BCUT2D eigenvalue weighted by atomic mass is 10.2. The Bertz CT molecular complexity index is 417. The molecule has 0 unspecified atom stereocenters. The van der Waals surface area contributed by atoms with Crippen LogP contribution in [0.5, 0.6) is 0 Å². The van der Waals surface area contributed by atoms with E-state index in [4.69, 9.17) is 0 Å². The molecule has 1 amide bonds. The van der Waals surface area contributed by atoms with Crippen molar-refractivity contribution in [2.45, 2.75) is 13.5 Å². The van der Waals surface area contributed by atoms with Crippen LogP contribution in [0.1, 0.15) is 12.5 Å². The molecule has 1 aromatic carbocycles. The van der Waals surface area contributed by atoms with Gasteiger partial charge in [0, 0.05) is 18.1 Å². The summed E-state index contributed by atoms with van der Waals surface area (Å²) in [4.78, 5) is 13.0. The molecule has 0 saturated heterocycles. The third kappa shape index (κ3) is 3.77. The minimum atomic E-state index is -0.155. The van der Waals surface area contributed by atoms with Crippen molar-refractivity contribution in [2.75, 3.05) is 7.05 Å². The number of amides is 1. The van der Waals surface area contributed by atoms with Gasteiger partial charge in [-0.3, -0.25) is 4.79 Å². The standard InChI is InChI=1S/C12H12BrNO/c1-3-5-12(15)14(2)9-10-6-4-7-11(13)8-10/h4,6-8H,9H2,1-2H3. The molecule has 15 heavy (non-hydrogen) atoms. The number of nitrogens with zero attached hydrogens (tertiary/aromatic N) is 1. The van der Waals surface area contributed by atoms with E-state index in [1.165, 1.54) is 0 Å². The molecule has 78 valence electrons. The van der Waals surface area contributed by atoms with E-state index in [9.17, 15) is 4.79 Å². The summed E-state index contributed by atoms with van der Waals surface area (Å²) in [6.07, 6.45) is 0. The summed E-state index contributed by atoms with van der Waals surface area (Å²) in [5.41, 5.74) is 1.08. The lowest BCUT2D eigenvalue weighted by molar-refractivity contribution is -0.124. The molecule has 0 heterocycles. The van der Waals surface area contributed by atoms with Gasteiger partial charge in [-0.05, 0) is 30.5 Å². The summed E-state index contributed by atoms with van der Waals surface area (Å²) in [6.45, 7) is 2.23. The highest BCUT2D eigenvalue weighted by atomic mass is 79.9. The highest BCUT2D eigenvalue weighted by Gasteiger charge is 2.05. The fraction of sp³-hybridized carbons (Fsp3) is 0.250. The maximum atomic E-state index is 11.4. The van der Waals surface area contributed by atoms with Gasteiger partial charge in [-0.15, -0.1) is 0 Å². The van der Waals surface area contributed by atoms with E-state index < -0.39 is 0 Å². The van der Waals surface area contributed by atoms with Crippen molar-refractivity contribution in [2.24, 2.45) is 0 Å². The van der Waals surface area contributed by atoms with Crippen molar-refractivity contribution in [1.82, 2.24) is 4.90 Å². The molecule has 0 N–H and O–H groups in total. The summed E-state index contributed by atoms with van der Waals surface area (Å²) < 4.78 is 1.02. The molecular weight excluding hydrogens is 254 g/mol. The summed E-state index contributed by atoms with van der Waals surface area (Å²) in [7, 11) is 1.74. The first kappa shape index (κ1) is 11.8. The lowest BCUT2D eigenvalue weighted by Crippen LogP contribution is -2.24.